The van der Waals surface area contributed by atoms with Crippen LogP contribution < -0.4 is 14.8 Å². The van der Waals surface area contributed by atoms with Gasteiger partial charge in [0.15, 0.2) is 11.5 Å². The van der Waals surface area contributed by atoms with Gasteiger partial charge in [-0.25, -0.2) is 4.79 Å². The second-order valence-electron chi connectivity index (χ2n) is 10.1. The highest BCUT2D eigenvalue weighted by Gasteiger charge is 2.53. The second-order valence-corrected chi connectivity index (χ2v) is 10.1. The first-order valence-corrected chi connectivity index (χ1v) is 11.9. The van der Waals surface area contributed by atoms with Gasteiger partial charge in [0.25, 0.3) is 0 Å². The maximum Gasteiger partial charge on any atom is 0.586 e. The standard InChI is InChI=1S/C28H23F2NO6/c1-26(14-35-15-26)21-7-6-19(13-20(21)16-3-2-4-17(11-16)24(32)33)31-25(34)27(9-10-27)18-5-8-22-23(12-18)37-28(29,30)36-22/h2-8,11-13H,9-10,14-15H2,1H3,(H,31,34)(H,32,33). The molecule has 2 fully saturated rings. The third-order valence-corrected chi connectivity index (χ3v) is 7.33. The summed E-state index contributed by atoms with van der Waals surface area (Å²) in [5.74, 6) is -1.44. The molecular weight excluding hydrogens is 484 g/mol. The minimum atomic E-state index is -3.72. The van der Waals surface area contributed by atoms with Crippen molar-refractivity contribution in [2.24, 2.45) is 0 Å². The average molecular weight is 507 g/mol. The third kappa shape index (κ3) is 3.99. The van der Waals surface area contributed by atoms with Crippen molar-refractivity contribution in [1.29, 1.82) is 0 Å². The zero-order valence-corrected chi connectivity index (χ0v) is 19.8. The summed E-state index contributed by atoms with van der Waals surface area (Å²) in [7, 11) is 0. The van der Waals surface area contributed by atoms with Crippen LogP contribution in [-0.2, 0) is 20.4 Å². The number of anilines is 1. The van der Waals surface area contributed by atoms with Gasteiger partial charge in [-0.2, -0.15) is 0 Å². The number of alkyl halides is 2. The van der Waals surface area contributed by atoms with Crippen LogP contribution in [0.1, 0.15) is 41.3 Å². The number of carboxylic acid groups (broad SMARTS) is 1. The van der Waals surface area contributed by atoms with Gasteiger partial charge in [-0.3, -0.25) is 4.79 Å². The number of amides is 1. The van der Waals surface area contributed by atoms with Crippen molar-refractivity contribution in [2.45, 2.75) is 36.9 Å². The summed E-state index contributed by atoms with van der Waals surface area (Å²) in [6.45, 7) is 3.16. The topological polar surface area (TPSA) is 94.1 Å². The summed E-state index contributed by atoms with van der Waals surface area (Å²) in [5, 5.41) is 12.5. The molecular formula is C28H23F2NO6. The van der Waals surface area contributed by atoms with E-state index in [1.807, 2.05) is 24.3 Å². The minimum absolute atomic E-state index is 0.0674. The zero-order chi connectivity index (χ0) is 26.0. The number of carbonyl (C=O) groups excluding carboxylic acids is 1. The van der Waals surface area contributed by atoms with E-state index in [1.54, 1.807) is 18.2 Å². The normalized spacial score (nSPS) is 19.5. The van der Waals surface area contributed by atoms with Crippen LogP contribution in [0, 0.1) is 0 Å². The van der Waals surface area contributed by atoms with Gasteiger partial charge in [0.2, 0.25) is 5.91 Å². The van der Waals surface area contributed by atoms with Gasteiger partial charge in [-0.1, -0.05) is 31.2 Å². The third-order valence-electron chi connectivity index (χ3n) is 7.33. The number of benzene rings is 3. The Bertz CT molecular complexity index is 1440. The van der Waals surface area contributed by atoms with Crippen LogP contribution in [-0.4, -0.2) is 36.5 Å². The van der Waals surface area contributed by atoms with Crippen molar-refractivity contribution in [1.82, 2.24) is 0 Å². The average Bonchev–Trinajstić information content (AvgIpc) is 3.59. The van der Waals surface area contributed by atoms with Crippen LogP contribution in [0.5, 0.6) is 11.5 Å². The predicted octanol–water partition coefficient (Wildman–Crippen LogP) is 5.33. The summed E-state index contributed by atoms with van der Waals surface area (Å²) < 4.78 is 41.4. The molecule has 1 aliphatic carbocycles. The molecule has 3 aliphatic rings. The monoisotopic (exact) mass is 507 g/mol. The smallest absolute Gasteiger partial charge is 0.478 e. The van der Waals surface area contributed by atoms with Crippen molar-refractivity contribution < 1.29 is 37.7 Å². The second kappa shape index (κ2) is 8.01. The molecule has 2 aliphatic heterocycles. The molecule has 1 amide bonds. The molecule has 0 spiro atoms. The molecule has 0 aromatic heterocycles. The first-order valence-electron chi connectivity index (χ1n) is 11.9. The molecule has 3 aromatic rings. The molecule has 37 heavy (non-hydrogen) atoms. The SMILES string of the molecule is CC1(c2ccc(NC(=O)C3(c4ccc5c(c4)OC(F)(F)O5)CC3)cc2-c2cccc(C(=O)O)c2)COC1. The Morgan fingerprint density at radius 1 is 0.946 bits per heavy atom. The molecule has 3 aromatic carbocycles. The first kappa shape index (κ1) is 23.4. The van der Waals surface area contributed by atoms with Crippen LogP contribution in [0.15, 0.2) is 60.7 Å². The summed E-state index contributed by atoms with van der Waals surface area (Å²) in [6.07, 6.45) is -2.59. The fraction of sp³-hybridized carbons (Fsp3) is 0.286. The molecule has 1 saturated carbocycles. The summed E-state index contributed by atoms with van der Waals surface area (Å²) >= 11 is 0. The van der Waals surface area contributed by atoms with E-state index in [0.29, 0.717) is 37.3 Å². The largest absolute Gasteiger partial charge is 0.586 e. The van der Waals surface area contributed by atoms with Crippen LogP contribution in [0.25, 0.3) is 11.1 Å². The summed E-state index contributed by atoms with van der Waals surface area (Å²) in [4.78, 5) is 25.0. The van der Waals surface area contributed by atoms with Crippen molar-refractivity contribution in [3.8, 4) is 22.6 Å². The van der Waals surface area contributed by atoms with E-state index in [4.69, 9.17) is 4.74 Å². The lowest BCUT2D eigenvalue weighted by Gasteiger charge is -2.40. The molecule has 7 nitrogen and oxygen atoms in total. The number of fused-ring (bicyclic) bond motifs is 1. The van der Waals surface area contributed by atoms with Gasteiger partial charge >= 0.3 is 12.3 Å². The number of aromatic carboxylic acids is 1. The highest BCUT2D eigenvalue weighted by Crippen LogP contribution is 2.52. The van der Waals surface area contributed by atoms with E-state index in [0.717, 1.165) is 16.7 Å². The zero-order valence-electron chi connectivity index (χ0n) is 19.8. The van der Waals surface area contributed by atoms with E-state index < -0.39 is 17.7 Å². The Labute approximate surface area is 211 Å². The van der Waals surface area contributed by atoms with Crippen molar-refractivity contribution >= 4 is 17.6 Å². The van der Waals surface area contributed by atoms with Crippen molar-refractivity contribution in [2.75, 3.05) is 18.5 Å². The van der Waals surface area contributed by atoms with Gasteiger partial charge in [0.05, 0.1) is 24.2 Å². The van der Waals surface area contributed by atoms with Gasteiger partial charge in [-0.05, 0) is 71.5 Å². The van der Waals surface area contributed by atoms with Gasteiger partial charge in [0.1, 0.15) is 0 Å². The van der Waals surface area contributed by atoms with Crippen LogP contribution >= 0.6 is 0 Å². The van der Waals surface area contributed by atoms with E-state index in [9.17, 15) is 23.5 Å². The lowest BCUT2D eigenvalue weighted by Crippen LogP contribution is -2.44. The number of rotatable bonds is 6. The first-order chi connectivity index (χ1) is 17.6. The lowest BCUT2D eigenvalue weighted by atomic mass is 9.76. The van der Waals surface area contributed by atoms with Gasteiger partial charge in [0, 0.05) is 11.1 Å². The molecule has 2 N–H and O–H groups in total. The van der Waals surface area contributed by atoms with E-state index >= 15 is 0 Å². The molecule has 9 heteroatoms. The quantitative estimate of drug-likeness (QED) is 0.468. The van der Waals surface area contributed by atoms with E-state index in [-0.39, 0.29) is 28.4 Å². The van der Waals surface area contributed by atoms with Gasteiger partial charge in [-0.15, -0.1) is 8.78 Å². The number of carbonyl (C=O) groups is 2. The predicted molar refractivity (Wildman–Crippen MR) is 129 cm³/mol. The molecule has 190 valence electrons. The lowest BCUT2D eigenvalue weighted by molar-refractivity contribution is -0.286. The Hall–Kier alpha value is -3.98. The Kier molecular flexibility index (Phi) is 5.07. The summed E-state index contributed by atoms with van der Waals surface area (Å²) in [5.41, 5.74) is 2.73. The number of halogens is 2. The van der Waals surface area contributed by atoms with Crippen molar-refractivity contribution in [3.63, 3.8) is 0 Å². The molecule has 2 heterocycles. The number of hydrogen-bond donors (Lipinski definition) is 2. The van der Waals surface area contributed by atoms with E-state index in [2.05, 4.69) is 21.7 Å². The fourth-order valence-electron chi connectivity index (χ4n) is 5.04. The van der Waals surface area contributed by atoms with E-state index in [1.165, 1.54) is 18.2 Å². The number of nitrogens with one attached hydrogen (secondary N) is 1. The van der Waals surface area contributed by atoms with Crippen LogP contribution in [0.3, 0.4) is 0 Å². The minimum Gasteiger partial charge on any atom is -0.478 e. The van der Waals surface area contributed by atoms with Gasteiger partial charge < -0.3 is 24.6 Å². The Balaban J connectivity index is 1.32. The number of hydrogen-bond acceptors (Lipinski definition) is 5. The molecule has 0 bridgehead atoms. The van der Waals surface area contributed by atoms with Crippen LogP contribution in [0.4, 0.5) is 14.5 Å². The molecule has 0 radical (unpaired) electrons. The summed E-state index contributed by atoms with van der Waals surface area (Å²) in [6, 6.07) is 16.7. The maximum absolute atomic E-state index is 13.5. The number of ether oxygens (including phenoxy) is 3. The molecule has 0 atom stereocenters. The Morgan fingerprint density at radius 2 is 1.70 bits per heavy atom. The molecule has 6 rings (SSSR count). The molecule has 1 saturated heterocycles. The highest BCUT2D eigenvalue weighted by atomic mass is 19.3. The Morgan fingerprint density at radius 3 is 2.38 bits per heavy atom. The van der Waals surface area contributed by atoms with Crippen molar-refractivity contribution in [3.05, 3.63) is 77.4 Å². The maximum atomic E-state index is 13.5. The highest BCUT2D eigenvalue weighted by molar-refractivity contribution is 6.02. The number of carboxylic acids is 1. The van der Waals surface area contributed by atoms with Crippen LogP contribution in [0.2, 0.25) is 0 Å². The molecule has 0 unspecified atom stereocenters. The fourth-order valence-corrected chi connectivity index (χ4v) is 5.04.